The van der Waals surface area contributed by atoms with E-state index in [1.54, 1.807) is 6.20 Å². The summed E-state index contributed by atoms with van der Waals surface area (Å²) in [6.07, 6.45) is 5.48. The zero-order valence-corrected chi connectivity index (χ0v) is 14.1. The van der Waals surface area contributed by atoms with E-state index in [1.807, 2.05) is 79.3 Å². The monoisotopic (exact) mass is 336 g/mol. The van der Waals surface area contributed by atoms with Crippen molar-refractivity contribution in [2.24, 2.45) is 0 Å². The van der Waals surface area contributed by atoms with E-state index in [0.29, 0.717) is 12.1 Å². The van der Waals surface area contributed by atoms with Crippen molar-refractivity contribution in [2.45, 2.75) is 6.54 Å². The minimum Gasteiger partial charge on any atom is -0.326 e. The van der Waals surface area contributed by atoms with Crippen molar-refractivity contribution in [3.05, 3.63) is 96.6 Å². The summed E-state index contributed by atoms with van der Waals surface area (Å²) in [7, 11) is 0. The lowest BCUT2D eigenvalue weighted by Crippen LogP contribution is -2.01. The van der Waals surface area contributed by atoms with Crippen molar-refractivity contribution in [1.29, 1.82) is 5.26 Å². The highest BCUT2D eigenvalue weighted by atomic mass is 15.1. The van der Waals surface area contributed by atoms with Gasteiger partial charge in [-0.3, -0.25) is 4.98 Å². The topological polar surface area (TPSA) is 54.5 Å². The first kappa shape index (κ1) is 15.8. The fraction of sp³-hybridized carbons (Fsp3) is 0.0455. The molecule has 4 aromatic rings. The van der Waals surface area contributed by atoms with Crippen LogP contribution in [0.2, 0.25) is 0 Å². The van der Waals surface area contributed by atoms with Crippen LogP contribution in [0.4, 0.5) is 0 Å². The van der Waals surface area contributed by atoms with Gasteiger partial charge >= 0.3 is 0 Å². The van der Waals surface area contributed by atoms with Gasteiger partial charge in [0.1, 0.15) is 0 Å². The third kappa shape index (κ3) is 3.11. The van der Waals surface area contributed by atoms with Crippen molar-refractivity contribution < 1.29 is 0 Å². The molecule has 0 spiro atoms. The van der Waals surface area contributed by atoms with E-state index in [4.69, 9.17) is 0 Å². The normalized spacial score (nSPS) is 10.4. The van der Waals surface area contributed by atoms with Gasteiger partial charge in [-0.15, -0.1) is 0 Å². The highest BCUT2D eigenvalue weighted by Gasteiger charge is 2.15. The third-order valence-corrected chi connectivity index (χ3v) is 4.23. The second-order valence-corrected chi connectivity index (χ2v) is 5.99. The molecule has 0 N–H and O–H groups in total. The Kier molecular flexibility index (Phi) is 4.28. The molecule has 0 fully saturated rings. The molecule has 0 radical (unpaired) electrons. The number of nitrogens with zero attached hydrogens (tertiary/aromatic N) is 4. The Balaban J connectivity index is 1.87. The highest BCUT2D eigenvalue weighted by molar-refractivity contribution is 5.79. The summed E-state index contributed by atoms with van der Waals surface area (Å²) in [4.78, 5) is 8.87. The van der Waals surface area contributed by atoms with Crippen LogP contribution in [-0.2, 0) is 6.54 Å². The lowest BCUT2D eigenvalue weighted by atomic mass is 10.0. The van der Waals surface area contributed by atoms with Crippen molar-refractivity contribution in [1.82, 2.24) is 14.5 Å². The van der Waals surface area contributed by atoms with Gasteiger partial charge in [0, 0.05) is 23.5 Å². The fourth-order valence-electron chi connectivity index (χ4n) is 3.04. The number of pyridine rings is 1. The molecule has 4 rings (SSSR count). The Labute approximate surface area is 152 Å². The Morgan fingerprint density at radius 3 is 2.54 bits per heavy atom. The van der Waals surface area contributed by atoms with Crippen LogP contribution in [0.25, 0.3) is 22.5 Å². The molecular weight excluding hydrogens is 320 g/mol. The predicted octanol–water partition coefficient (Wildman–Crippen LogP) is 4.53. The number of nitriles is 1. The summed E-state index contributed by atoms with van der Waals surface area (Å²) in [5.41, 5.74) is 5.67. The van der Waals surface area contributed by atoms with Crippen LogP contribution in [0, 0.1) is 11.3 Å². The van der Waals surface area contributed by atoms with Gasteiger partial charge in [0.25, 0.3) is 0 Å². The third-order valence-electron chi connectivity index (χ3n) is 4.23. The molecule has 0 bridgehead atoms. The summed E-state index contributed by atoms with van der Waals surface area (Å²) in [5, 5.41) is 9.27. The molecule has 2 aromatic heterocycles. The molecule has 0 aliphatic carbocycles. The second-order valence-electron chi connectivity index (χ2n) is 5.99. The van der Waals surface area contributed by atoms with E-state index in [1.165, 1.54) is 0 Å². The molecule has 0 aliphatic rings. The van der Waals surface area contributed by atoms with Gasteiger partial charge in [-0.05, 0) is 23.8 Å². The summed E-state index contributed by atoms with van der Waals surface area (Å²) >= 11 is 0. The Morgan fingerprint density at radius 1 is 0.923 bits per heavy atom. The molecule has 0 unspecified atom stereocenters. The Morgan fingerprint density at radius 2 is 1.77 bits per heavy atom. The minimum absolute atomic E-state index is 0.635. The summed E-state index contributed by atoms with van der Waals surface area (Å²) < 4.78 is 2.11. The SMILES string of the molecule is N#Cc1cccc(-c2c(-c3ccccc3)ncn2Cc2cccnc2)c1. The average Bonchev–Trinajstić information content (AvgIpc) is 3.13. The minimum atomic E-state index is 0.635. The van der Waals surface area contributed by atoms with E-state index in [2.05, 4.69) is 20.6 Å². The maximum absolute atomic E-state index is 9.27. The highest BCUT2D eigenvalue weighted by Crippen LogP contribution is 2.32. The zero-order chi connectivity index (χ0) is 17.8. The summed E-state index contributed by atoms with van der Waals surface area (Å²) in [5.74, 6) is 0. The van der Waals surface area contributed by atoms with Crippen LogP contribution in [0.1, 0.15) is 11.1 Å². The standard InChI is InChI=1S/C22H16N4/c23-13-17-6-4-10-20(12-17)22-21(19-8-2-1-3-9-19)25-16-26(22)15-18-7-5-11-24-14-18/h1-12,14,16H,15H2. The van der Waals surface area contributed by atoms with E-state index in [-0.39, 0.29) is 0 Å². The van der Waals surface area contributed by atoms with E-state index < -0.39 is 0 Å². The van der Waals surface area contributed by atoms with Crippen LogP contribution in [0.15, 0.2) is 85.5 Å². The smallest absolute Gasteiger partial charge is 0.0991 e. The van der Waals surface area contributed by atoms with Gasteiger partial charge < -0.3 is 4.57 Å². The molecule has 4 nitrogen and oxygen atoms in total. The van der Waals surface area contributed by atoms with Gasteiger partial charge in [0.2, 0.25) is 0 Å². The van der Waals surface area contributed by atoms with Gasteiger partial charge in [0.05, 0.1) is 35.9 Å². The molecule has 4 heteroatoms. The number of hydrogen-bond donors (Lipinski definition) is 0. The molecule has 0 saturated heterocycles. The van der Waals surface area contributed by atoms with Crippen LogP contribution >= 0.6 is 0 Å². The molecule has 0 aliphatic heterocycles. The van der Waals surface area contributed by atoms with E-state index >= 15 is 0 Å². The van der Waals surface area contributed by atoms with E-state index in [0.717, 1.165) is 28.1 Å². The quantitative estimate of drug-likeness (QED) is 0.550. The van der Waals surface area contributed by atoms with Crippen LogP contribution in [-0.4, -0.2) is 14.5 Å². The van der Waals surface area contributed by atoms with E-state index in [9.17, 15) is 5.26 Å². The average molecular weight is 336 g/mol. The summed E-state index contributed by atoms with van der Waals surface area (Å²) in [6.45, 7) is 0.666. The molecule has 2 aromatic carbocycles. The number of hydrogen-bond acceptors (Lipinski definition) is 3. The second kappa shape index (κ2) is 7.04. The van der Waals surface area contributed by atoms with Gasteiger partial charge in [-0.2, -0.15) is 5.26 Å². The van der Waals surface area contributed by atoms with Crippen LogP contribution in [0.5, 0.6) is 0 Å². The maximum atomic E-state index is 9.27. The number of benzene rings is 2. The zero-order valence-electron chi connectivity index (χ0n) is 14.1. The lowest BCUT2D eigenvalue weighted by Gasteiger charge is -2.11. The summed E-state index contributed by atoms with van der Waals surface area (Å²) in [6, 6.07) is 23.9. The fourth-order valence-corrected chi connectivity index (χ4v) is 3.04. The first-order valence-electron chi connectivity index (χ1n) is 8.35. The Hall–Kier alpha value is -3.71. The molecule has 2 heterocycles. The number of aromatic nitrogens is 3. The first-order valence-corrected chi connectivity index (χ1v) is 8.35. The van der Waals surface area contributed by atoms with Crippen molar-refractivity contribution in [3.8, 4) is 28.6 Å². The lowest BCUT2D eigenvalue weighted by molar-refractivity contribution is 0.800. The predicted molar refractivity (Wildman–Crippen MR) is 101 cm³/mol. The Bertz CT molecular complexity index is 1060. The van der Waals surface area contributed by atoms with Crippen molar-refractivity contribution in [3.63, 3.8) is 0 Å². The van der Waals surface area contributed by atoms with Gasteiger partial charge in [-0.1, -0.05) is 48.5 Å². The molecule has 0 saturated carbocycles. The van der Waals surface area contributed by atoms with Crippen molar-refractivity contribution >= 4 is 0 Å². The molecule has 124 valence electrons. The van der Waals surface area contributed by atoms with Crippen LogP contribution in [0.3, 0.4) is 0 Å². The first-order chi connectivity index (χ1) is 12.8. The molecular formula is C22H16N4. The number of rotatable bonds is 4. The molecule has 0 amide bonds. The molecule has 0 atom stereocenters. The maximum Gasteiger partial charge on any atom is 0.0991 e. The van der Waals surface area contributed by atoms with Gasteiger partial charge in [-0.25, -0.2) is 4.98 Å². The van der Waals surface area contributed by atoms with Gasteiger partial charge in [0.15, 0.2) is 0 Å². The number of imidazole rings is 1. The largest absolute Gasteiger partial charge is 0.326 e. The van der Waals surface area contributed by atoms with Crippen molar-refractivity contribution in [2.75, 3.05) is 0 Å². The molecule has 26 heavy (non-hydrogen) atoms. The van der Waals surface area contributed by atoms with Crippen LogP contribution < -0.4 is 0 Å².